The fraction of sp³-hybridized carbons (Fsp3) is 0.912. The molecule has 0 saturated carbocycles. The van der Waals surface area contributed by atoms with E-state index in [4.69, 9.17) is 37.9 Å². The van der Waals surface area contributed by atoms with Crippen LogP contribution < -0.4 is 10.6 Å². The molecule has 93 heavy (non-hydrogen) atoms. The van der Waals surface area contributed by atoms with Crippen LogP contribution in [0, 0.1) is 0 Å². The molecule has 4 fully saturated rings. The minimum absolute atomic E-state index is 0.214. The molecule has 1 unspecified atom stereocenters. The van der Waals surface area contributed by atoms with Crippen LogP contribution in [0.3, 0.4) is 0 Å². The van der Waals surface area contributed by atoms with E-state index >= 15 is 0 Å². The Morgan fingerprint density at radius 1 is 0.419 bits per heavy atom. The molecule has 4 heterocycles. The lowest BCUT2D eigenvalue weighted by Gasteiger charge is -2.49. The average Bonchev–Trinajstić information content (AvgIpc) is 0.786. The first kappa shape index (κ1) is 83.0. The van der Waals surface area contributed by atoms with Crippen LogP contribution in [0.15, 0.2) is 24.3 Å². The van der Waals surface area contributed by atoms with Gasteiger partial charge < -0.3 is 115 Å². The van der Waals surface area contributed by atoms with Crippen molar-refractivity contribution in [3.05, 3.63) is 24.3 Å². The number of aliphatic hydroxyl groups is 13. The quantitative estimate of drug-likeness (QED) is 0.0303. The number of rotatable bonds is 50. The zero-order valence-electron chi connectivity index (χ0n) is 56.1. The van der Waals surface area contributed by atoms with Gasteiger partial charge in [0.05, 0.1) is 45.2 Å². The predicted molar refractivity (Wildman–Crippen MR) is 345 cm³/mol. The minimum Gasteiger partial charge on any atom is -0.394 e. The molecular weight excluding hydrogens is 1210 g/mol. The number of nitrogens with one attached hydrogen (secondary N) is 2. The van der Waals surface area contributed by atoms with Crippen molar-refractivity contribution in [3.8, 4) is 0 Å². The topological polar surface area (TPSA) is 395 Å². The van der Waals surface area contributed by atoms with Crippen LogP contribution in [0.2, 0.25) is 0 Å². The summed E-state index contributed by atoms with van der Waals surface area (Å²) in [7, 11) is 0. The molecule has 4 rings (SSSR count). The summed E-state index contributed by atoms with van der Waals surface area (Å²) in [5, 5.41) is 148. The van der Waals surface area contributed by atoms with E-state index in [1.807, 2.05) is 6.08 Å². The molecule has 25 nitrogen and oxygen atoms in total. The number of unbranched alkanes of at least 4 members (excludes halogenated alkanes) is 28. The highest BCUT2D eigenvalue weighted by Crippen LogP contribution is 2.35. The van der Waals surface area contributed by atoms with Gasteiger partial charge in [-0.1, -0.05) is 192 Å². The predicted octanol–water partition coefficient (Wildman–Crippen LogP) is 3.90. The van der Waals surface area contributed by atoms with Gasteiger partial charge in [-0.25, -0.2) is 0 Å². The van der Waals surface area contributed by atoms with E-state index in [2.05, 4.69) is 36.6 Å². The van der Waals surface area contributed by atoms with E-state index in [0.717, 1.165) is 51.9 Å². The van der Waals surface area contributed by atoms with Gasteiger partial charge in [-0.2, -0.15) is 0 Å². The number of amides is 2. The highest BCUT2D eigenvalue weighted by molar-refractivity contribution is 5.76. The Hall–Kier alpha value is -2.42. The van der Waals surface area contributed by atoms with Crippen LogP contribution in [-0.4, -0.2) is 246 Å². The first-order valence-electron chi connectivity index (χ1n) is 35.6. The summed E-state index contributed by atoms with van der Waals surface area (Å²) < 4.78 is 46.5. The van der Waals surface area contributed by atoms with Crippen LogP contribution in [-0.2, 0) is 47.5 Å². The lowest BCUT2D eigenvalue weighted by molar-refractivity contribution is -0.386. The van der Waals surface area contributed by atoms with Gasteiger partial charge in [0.25, 0.3) is 0 Å². The summed E-state index contributed by atoms with van der Waals surface area (Å²) >= 11 is 0. The molecule has 4 aliphatic rings. The Balaban J connectivity index is 1.29. The lowest BCUT2D eigenvalue weighted by atomic mass is 9.95. The largest absolute Gasteiger partial charge is 0.394 e. The molecule has 0 aliphatic carbocycles. The van der Waals surface area contributed by atoms with Gasteiger partial charge in [-0.15, -0.1) is 0 Å². The lowest BCUT2D eigenvalue weighted by Crippen LogP contribution is -2.69. The average molecular weight is 1340 g/mol. The van der Waals surface area contributed by atoms with Gasteiger partial charge in [-0.05, 0) is 44.9 Å². The Morgan fingerprint density at radius 2 is 0.796 bits per heavy atom. The maximum Gasteiger partial charge on any atom is 0.220 e. The van der Waals surface area contributed by atoms with Crippen LogP contribution in [0.5, 0.6) is 0 Å². The molecule has 0 aromatic carbocycles. The SMILES string of the molecule is CCCCCCCCC=CCCCCCCCCCCCCCC(=O)N[C@@H](CO[C@@H]1O[C@H](CO)[C@@H](O[C@@H]2O[C@H](CO)[C@H](O[C@H]3O[C@H](CO)[C@H](O)[C@H](O[C@@H]4O[C@H](CO)[C@H](O)[C@H](O)[C@H]4NC(C)=O)[C@H]3O)[C@H](O)[C@H]2O)[C@H](O)C1O)[C@H](O)C=CCCCCCCCCCCCCC. The Morgan fingerprint density at radius 3 is 1.26 bits per heavy atom. The third-order valence-corrected chi connectivity index (χ3v) is 18.3. The summed E-state index contributed by atoms with van der Waals surface area (Å²) in [5.41, 5.74) is 0. The highest BCUT2D eigenvalue weighted by atomic mass is 16.8. The smallest absolute Gasteiger partial charge is 0.220 e. The molecule has 544 valence electrons. The summed E-state index contributed by atoms with van der Waals surface area (Å²) in [6.45, 7) is 1.62. The van der Waals surface area contributed by atoms with E-state index in [1.165, 1.54) is 141 Å². The molecule has 0 spiro atoms. The number of carbonyl (C=O) groups is 2. The van der Waals surface area contributed by atoms with Gasteiger partial charge in [0.1, 0.15) is 97.6 Å². The summed E-state index contributed by atoms with van der Waals surface area (Å²) in [5.74, 6) is -1.00. The zero-order chi connectivity index (χ0) is 67.9. The first-order valence-corrected chi connectivity index (χ1v) is 35.6. The molecule has 4 saturated heterocycles. The number of hydrogen-bond acceptors (Lipinski definition) is 23. The third-order valence-electron chi connectivity index (χ3n) is 18.3. The van der Waals surface area contributed by atoms with Crippen molar-refractivity contribution < 1.29 is 114 Å². The van der Waals surface area contributed by atoms with Crippen molar-refractivity contribution in [2.45, 2.75) is 361 Å². The molecule has 0 bridgehead atoms. The van der Waals surface area contributed by atoms with Crippen LogP contribution >= 0.6 is 0 Å². The fourth-order valence-corrected chi connectivity index (χ4v) is 12.5. The van der Waals surface area contributed by atoms with Crippen LogP contribution in [0.25, 0.3) is 0 Å². The van der Waals surface area contributed by atoms with E-state index in [9.17, 15) is 76.0 Å². The van der Waals surface area contributed by atoms with Gasteiger partial charge in [0.15, 0.2) is 25.2 Å². The van der Waals surface area contributed by atoms with Crippen molar-refractivity contribution in [1.82, 2.24) is 10.6 Å². The Bertz CT molecular complexity index is 1980. The van der Waals surface area contributed by atoms with Crippen molar-refractivity contribution in [3.63, 3.8) is 0 Å². The molecule has 0 aromatic heterocycles. The van der Waals surface area contributed by atoms with Crippen molar-refractivity contribution in [2.75, 3.05) is 33.0 Å². The fourth-order valence-electron chi connectivity index (χ4n) is 12.5. The summed E-state index contributed by atoms with van der Waals surface area (Å²) in [6.07, 6.45) is 9.53. The summed E-state index contributed by atoms with van der Waals surface area (Å²) in [6, 6.07) is -2.53. The second-order valence-electron chi connectivity index (χ2n) is 26.1. The van der Waals surface area contributed by atoms with Gasteiger partial charge in [-0.3, -0.25) is 9.59 Å². The third kappa shape index (κ3) is 29.5. The second-order valence-corrected chi connectivity index (χ2v) is 26.1. The molecule has 4 aliphatic heterocycles. The molecule has 22 atom stereocenters. The highest BCUT2D eigenvalue weighted by Gasteiger charge is 2.56. The normalized spacial score (nSPS) is 32.5. The van der Waals surface area contributed by atoms with Gasteiger partial charge in [0, 0.05) is 13.3 Å². The Labute approximate surface area is 552 Å². The summed E-state index contributed by atoms with van der Waals surface area (Å²) in [4.78, 5) is 25.5. The van der Waals surface area contributed by atoms with Crippen molar-refractivity contribution >= 4 is 11.8 Å². The molecule has 25 heteroatoms. The standard InChI is InChI=1S/C68H124N2O23/c1-4-6-8-10-12-14-16-18-19-20-21-22-23-24-25-27-29-31-33-35-37-39-52(77)70-46(47(76)38-36-34-32-30-28-26-17-15-13-11-9-7-5-2)44-86-66-59(83)57(81)62(50(42-73)89-66)91-67-60(84)58(82)63(51(43-74)90-67)92-68-61(85)64(55(79)49(41-72)88-68)93-65-53(69-45(3)75)56(80)54(78)48(40-71)87-65/h18-19,36,38,46-51,53-68,71-74,76,78-85H,4-17,20-35,37,39-44H2,1-3H3,(H,69,75)(H,70,77)/t46-,47+,48+,49+,50+,51+,53+,54-,55-,56+,57+,58+,59?,60+,61+,62+,63-,64-,65-,66+,67-,68+/m0/s1. The maximum atomic E-state index is 13.4. The van der Waals surface area contributed by atoms with E-state index < -0.39 is 174 Å². The molecule has 0 aromatic rings. The number of aliphatic hydroxyl groups excluding tert-OH is 13. The minimum atomic E-state index is -2.10. The zero-order valence-corrected chi connectivity index (χ0v) is 56.1. The van der Waals surface area contributed by atoms with E-state index in [-0.39, 0.29) is 12.3 Å². The second kappa shape index (κ2) is 48.3. The monoisotopic (exact) mass is 1340 g/mol. The Kier molecular flexibility index (Phi) is 43.1. The van der Waals surface area contributed by atoms with Crippen molar-refractivity contribution in [2.24, 2.45) is 0 Å². The number of carbonyl (C=O) groups excluding carboxylic acids is 2. The number of allylic oxidation sites excluding steroid dienone is 3. The molecule has 15 N–H and O–H groups in total. The van der Waals surface area contributed by atoms with Crippen molar-refractivity contribution in [1.29, 1.82) is 0 Å². The first-order chi connectivity index (χ1) is 45.0. The van der Waals surface area contributed by atoms with Crippen LogP contribution in [0.4, 0.5) is 0 Å². The van der Waals surface area contributed by atoms with E-state index in [0.29, 0.717) is 12.8 Å². The van der Waals surface area contributed by atoms with E-state index in [1.54, 1.807) is 6.08 Å². The maximum absolute atomic E-state index is 13.4. The van der Waals surface area contributed by atoms with Gasteiger partial charge >= 0.3 is 0 Å². The molecular formula is C68H124N2O23. The van der Waals surface area contributed by atoms with Crippen LogP contribution in [0.1, 0.15) is 226 Å². The number of ether oxygens (including phenoxy) is 8. The van der Waals surface area contributed by atoms with Gasteiger partial charge in [0.2, 0.25) is 11.8 Å². The molecule has 2 amide bonds. The molecule has 0 radical (unpaired) electrons. The number of hydrogen-bond donors (Lipinski definition) is 15.